The normalized spacial score (nSPS) is 16.6. The fourth-order valence-corrected chi connectivity index (χ4v) is 5.46. The highest BCUT2D eigenvalue weighted by Gasteiger charge is 2.22. The maximum atomic E-state index is 10.9. The number of phenols is 2. The van der Waals surface area contributed by atoms with Gasteiger partial charge in [-0.1, -0.05) is 24.3 Å². The summed E-state index contributed by atoms with van der Waals surface area (Å²) < 4.78 is 6.00. The molecule has 0 spiro atoms. The molecule has 3 aromatic rings. The van der Waals surface area contributed by atoms with Gasteiger partial charge in [-0.2, -0.15) is 0 Å². The minimum Gasteiger partial charge on any atom is -0.507 e. The number of aryl methyl sites for hydroxylation is 1. The van der Waals surface area contributed by atoms with Crippen LogP contribution in [0.15, 0.2) is 48.5 Å². The molecule has 190 valence electrons. The van der Waals surface area contributed by atoms with Crippen molar-refractivity contribution in [3.8, 4) is 28.4 Å². The number of likely N-dealkylation sites (N-methyl/N-ethyl adjacent to an activating group) is 1. The van der Waals surface area contributed by atoms with Gasteiger partial charge in [0.2, 0.25) is 0 Å². The van der Waals surface area contributed by atoms with Crippen molar-refractivity contribution in [2.45, 2.75) is 32.1 Å². The van der Waals surface area contributed by atoms with Crippen LogP contribution < -0.4 is 10.5 Å². The second-order valence-electron chi connectivity index (χ2n) is 10.1. The van der Waals surface area contributed by atoms with Crippen molar-refractivity contribution in [3.05, 3.63) is 70.8 Å². The van der Waals surface area contributed by atoms with Gasteiger partial charge in [-0.15, -0.1) is 0 Å². The van der Waals surface area contributed by atoms with Gasteiger partial charge in [-0.05, 0) is 84.8 Å². The number of rotatable bonds is 7. The van der Waals surface area contributed by atoms with Gasteiger partial charge in [0.15, 0.2) is 0 Å². The number of hydrogen-bond donors (Lipinski definition) is 3. The molecule has 0 aromatic heterocycles. The minimum absolute atomic E-state index is 0.0712. The molecule has 0 unspecified atom stereocenters. The third-order valence-electron chi connectivity index (χ3n) is 7.69. The number of piperazine rings is 1. The summed E-state index contributed by atoms with van der Waals surface area (Å²) in [5, 5.41) is 21.3. The fraction of sp³-hybridized carbons (Fsp3) is 0.400. The Morgan fingerprint density at radius 1 is 0.861 bits per heavy atom. The molecule has 3 aromatic carbocycles. The Balaban J connectivity index is 1.33. The van der Waals surface area contributed by atoms with Crippen molar-refractivity contribution < 1.29 is 14.9 Å². The second-order valence-corrected chi connectivity index (χ2v) is 10.1. The van der Waals surface area contributed by atoms with Gasteiger partial charge in [0.1, 0.15) is 23.9 Å². The van der Waals surface area contributed by atoms with Gasteiger partial charge in [-0.25, -0.2) is 0 Å². The SMILES string of the molecule is CN1CCN(CCOc2ccc(Cc3c(-c4c(O)ccc5c4CCCC5)ccc(O)c3N)cc2)CC1. The maximum absolute atomic E-state index is 10.9. The molecule has 36 heavy (non-hydrogen) atoms. The van der Waals surface area contributed by atoms with Crippen molar-refractivity contribution in [1.29, 1.82) is 0 Å². The Morgan fingerprint density at radius 2 is 1.58 bits per heavy atom. The predicted molar refractivity (Wildman–Crippen MR) is 145 cm³/mol. The number of nitrogen functional groups attached to an aromatic ring is 1. The van der Waals surface area contributed by atoms with Crippen LogP contribution in [0, 0.1) is 0 Å². The van der Waals surface area contributed by atoms with E-state index >= 15 is 0 Å². The van der Waals surface area contributed by atoms with E-state index in [1.54, 1.807) is 12.1 Å². The van der Waals surface area contributed by atoms with Crippen molar-refractivity contribution in [2.24, 2.45) is 0 Å². The molecule has 2 aliphatic rings. The van der Waals surface area contributed by atoms with Crippen LogP contribution in [0.3, 0.4) is 0 Å². The van der Waals surface area contributed by atoms with Crippen LogP contribution in [0.2, 0.25) is 0 Å². The zero-order valence-corrected chi connectivity index (χ0v) is 21.2. The predicted octanol–water partition coefficient (Wildman–Crippen LogP) is 4.44. The molecular formula is C30H37N3O3. The summed E-state index contributed by atoms with van der Waals surface area (Å²) in [7, 11) is 2.17. The summed E-state index contributed by atoms with van der Waals surface area (Å²) >= 11 is 0. The van der Waals surface area contributed by atoms with Crippen LogP contribution in [0.25, 0.3) is 11.1 Å². The van der Waals surface area contributed by atoms with Crippen LogP contribution in [0.5, 0.6) is 17.2 Å². The molecule has 0 atom stereocenters. The zero-order chi connectivity index (χ0) is 25.1. The Bertz CT molecular complexity index is 1200. The first-order chi connectivity index (χ1) is 17.5. The standard InChI is InChI=1S/C30H37N3O3/c1-32-14-16-33(17-15-32)18-19-36-23-9-6-21(7-10-23)20-26-25(11-13-28(35)30(26)31)29-24-5-3-2-4-22(24)8-12-27(29)34/h6-13,34-35H,2-5,14-20,31H2,1H3. The van der Waals surface area contributed by atoms with Crippen LogP contribution in [0.4, 0.5) is 5.69 Å². The van der Waals surface area contributed by atoms with Crippen LogP contribution in [0.1, 0.15) is 35.1 Å². The summed E-state index contributed by atoms with van der Waals surface area (Å²) in [5.74, 6) is 1.19. The van der Waals surface area contributed by atoms with Gasteiger partial charge >= 0.3 is 0 Å². The molecular weight excluding hydrogens is 450 g/mol. The van der Waals surface area contributed by atoms with E-state index in [-0.39, 0.29) is 11.5 Å². The lowest BCUT2D eigenvalue weighted by Crippen LogP contribution is -2.45. The van der Waals surface area contributed by atoms with E-state index in [2.05, 4.69) is 29.0 Å². The number of nitrogens with zero attached hydrogens (tertiary/aromatic N) is 2. The number of nitrogens with two attached hydrogens (primary N) is 1. The molecule has 1 heterocycles. The van der Waals surface area contributed by atoms with Gasteiger partial charge in [-0.3, -0.25) is 4.90 Å². The van der Waals surface area contributed by atoms with Crippen molar-refractivity contribution in [2.75, 3.05) is 52.1 Å². The lowest BCUT2D eigenvalue weighted by molar-refractivity contribution is 0.134. The molecule has 0 bridgehead atoms. The average Bonchev–Trinajstić information content (AvgIpc) is 2.89. The maximum Gasteiger partial charge on any atom is 0.138 e. The van der Waals surface area contributed by atoms with Gasteiger partial charge in [0.25, 0.3) is 0 Å². The first-order valence-electron chi connectivity index (χ1n) is 13.1. The highest BCUT2D eigenvalue weighted by Crippen LogP contribution is 2.43. The Morgan fingerprint density at radius 3 is 2.36 bits per heavy atom. The molecule has 5 rings (SSSR count). The summed E-state index contributed by atoms with van der Waals surface area (Å²) in [6.45, 7) is 6.00. The van der Waals surface area contributed by atoms with E-state index in [4.69, 9.17) is 10.5 Å². The summed E-state index contributed by atoms with van der Waals surface area (Å²) in [6, 6.07) is 15.5. The molecule has 1 fully saturated rings. The Labute approximate surface area is 213 Å². The first kappa shape index (κ1) is 24.5. The Hall–Kier alpha value is -3.22. The molecule has 1 saturated heterocycles. The highest BCUT2D eigenvalue weighted by molar-refractivity contribution is 5.83. The third kappa shape index (κ3) is 5.30. The molecule has 6 heteroatoms. The number of phenolic OH excluding ortho intramolecular Hbond substituents is 2. The van der Waals surface area contributed by atoms with E-state index in [0.29, 0.717) is 18.7 Å². The van der Waals surface area contributed by atoms with E-state index in [1.807, 2.05) is 24.3 Å². The number of anilines is 1. The molecule has 4 N–H and O–H groups in total. The van der Waals surface area contributed by atoms with E-state index < -0.39 is 0 Å². The number of aromatic hydroxyl groups is 2. The lowest BCUT2D eigenvalue weighted by Gasteiger charge is -2.32. The highest BCUT2D eigenvalue weighted by atomic mass is 16.5. The topological polar surface area (TPSA) is 82.2 Å². The summed E-state index contributed by atoms with van der Waals surface area (Å²) in [4.78, 5) is 4.80. The van der Waals surface area contributed by atoms with E-state index in [1.165, 1.54) is 17.5 Å². The molecule has 0 radical (unpaired) electrons. The van der Waals surface area contributed by atoms with E-state index in [9.17, 15) is 10.2 Å². The van der Waals surface area contributed by atoms with Gasteiger partial charge in [0.05, 0.1) is 5.69 Å². The monoisotopic (exact) mass is 487 g/mol. The first-order valence-corrected chi connectivity index (χ1v) is 13.1. The van der Waals surface area contributed by atoms with Gasteiger partial charge < -0.3 is 25.6 Å². The third-order valence-corrected chi connectivity index (χ3v) is 7.69. The quantitative estimate of drug-likeness (QED) is 0.338. The van der Waals surface area contributed by atoms with E-state index in [0.717, 1.165) is 80.0 Å². The molecule has 1 aliphatic heterocycles. The Kier molecular flexibility index (Phi) is 7.35. The van der Waals surface area contributed by atoms with Crippen molar-refractivity contribution in [1.82, 2.24) is 9.80 Å². The van der Waals surface area contributed by atoms with Crippen LogP contribution in [-0.4, -0.2) is 66.4 Å². The molecule has 1 aliphatic carbocycles. The molecule has 0 amide bonds. The number of ether oxygens (including phenoxy) is 1. The number of fused-ring (bicyclic) bond motifs is 1. The summed E-state index contributed by atoms with van der Waals surface area (Å²) in [6.07, 6.45) is 4.82. The fourth-order valence-electron chi connectivity index (χ4n) is 5.46. The number of hydrogen-bond acceptors (Lipinski definition) is 6. The zero-order valence-electron chi connectivity index (χ0n) is 21.2. The minimum atomic E-state index is 0.0712. The second kappa shape index (κ2) is 10.8. The summed E-state index contributed by atoms with van der Waals surface area (Å²) in [5.41, 5.74) is 12.9. The average molecular weight is 488 g/mol. The smallest absolute Gasteiger partial charge is 0.138 e. The molecule has 6 nitrogen and oxygen atoms in total. The largest absolute Gasteiger partial charge is 0.507 e. The lowest BCUT2D eigenvalue weighted by atomic mass is 9.83. The number of benzene rings is 3. The van der Waals surface area contributed by atoms with Crippen LogP contribution >= 0.6 is 0 Å². The van der Waals surface area contributed by atoms with Crippen molar-refractivity contribution >= 4 is 5.69 Å². The molecule has 0 saturated carbocycles. The van der Waals surface area contributed by atoms with Gasteiger partial charge in [0, 0.05) is 44.7 Å². The van der Waals surface area contributed by atoms with Crippen LogP contribution in [-0.2, 0) is 19.3 Å². The van der Waals surface area contributed by atoms with Crippen molar-refractivity contribution in [3.63, 3.8) is 0 Å².